The summed E-state index contributed by atoms with van der Waals surface area (Å²) in [4.78, 5) is 7.05. The largest absolute Gasteiger partial charge is 0.496 e. The molecule has 120 valence electrons. The number of aryl methyl sites for hydroxylation is 1. The average molecular weight is 293 g/mol. The predicted molar refractivity (Wildman–Crippen MR) is 88.7 cm³/mol. The first-order valence-corrected chi connectivity index (χ1v) is 7.76. The van der Waals surface area contributed by atoms with Gasteiger partial charge in [-0.1, -0.05) is 20.8 Å². The van der Waals surface area contributed by atoms with Crippen molar-refractivity contribution in [3.05, 3.63) is 23.0 Å². The lowest BCUT2D eigenvalue weighted by Gasteiger charge is -2.31. The summed E-state index contributed by atoms with van der Waals surface area (Å²) in [7, 11) is 1.72. The van der Waals surface area contributed by atoms with Gasteiger partial charge in [-0.25, -0.2) is 0 Å². The Balaban J connectivity index is 2.94. The van der Waals surface area contributed by atoms with E-state index >= 15 is 0 Å². The van der Waals surface area contributed by atoms with Crippen molar-refractivity contribution < 1.29 is 4.74 Å². The molecule has 0 saturated carbocycles. The molecule has 0 aliphatic heterocycles. The fourth-order valence-electron chi connectivity index (χ4n) is 2.64. The van der Waals surface area contributed by atoms with Crippen molar-refractivity contribution in [1.82, 2.24) is 9.88 Å². The number of methoxy groups -OCH3 is 1. The molecule has 0 unspecified atom stereocenters. The van der Waals surface area contributed by atoms with Gasteiger partial charge in [0.25, 0.3) is 0 Å². The number of hydrogen-bond acceptors (Lipinski definition) is 4. The minimum absolute atomic E-state index is 0.123. The highest BCUT2D eigenvalue weighted by Crippen LogP contribution is 2.25. The Morgan fingerprint density at radius 2 is 2.00 bits per heavy atom. The second-order valence-corrected chi connectivity index (χ2v) is 6.63. The summed E-state index contributed by atoms with van der Waals surface area (Å²) in [5, 5.41) is 0. The number of hydrogen-bond donors (Lipinski definition) is 1. The van der Waals surface area contributed by atoms with Crippen molar-refractivity contribution in [3.8, 4) is 5.75 Å². The molecule has 1 rings (SSSR count). The minimum Gasteiger partial charge on any atom is -0.496 e. The molecule has 1 aromatic rings. The highest BCUT2D eigenvalue weighted by Gasteiger charge is 2.21. The van der Waals surface area contributed by atoms with Crippen LogP contribution in [0.4, 0.5) is 0 Å². The SMILES string of the molecule is CCCN(Cc1ncc(C)c(OC)c1C)CC(C)(C)CN. The zero-order chi connectivity index (χ0) is 16.0. The third-order valence-corrected chi connectivity index (χ3v) is 3.87. The second kappa shape index (κ2) is 7.76. The fourth-order valence-corrected chi connectivity index (χ4v) is 2.64. The van der Waals surface area contributed by atoms with E-state index in [9.17, 15) is 0 Å². The van der Waals surface area contributed by atoms with Crippen LogP contribution in [0.15, 0.2) is 6.20 Å². The van der Waals surface area contributed by atoms with E-state index in [1.165, 1.54) is 0 Å². The van der Waals surface area contributed by atoms with Crippen molar-refractivity contribution in [2.24, 2.45) is 11.1 Å². The van der Waals surface area contributed by atoms with Crippen LogP contribution >= 0.6 is 0 Å². The van der Waals surface area contributed by atoms with Crippen molar-refractivity contribution in [2.75, 3.05) is 26.7 Å². The number of nitrogens with two attached hydrogens (primary N) is 1. The Labute approximate surface area is 129 Å². The number of nitrogens with zero attached hydrogens (tertiary/aromatic N) is 2. The second-order valence-electron chi connectivity index (χ2n) is 6.63. The van der Waals surface area contributed by atoms with E-state index in [0.717, 1.165) is 48.6 Å². The van der Waals surface area contributed by atoms with E-state index in [0.29, 0.717) is 6.54 Å². The van der Waals surface area contributed by atoms with Crippen LogP contribution in [0.5, 0.6) is 5.75 Å². The predicted octanol–water partition coefficient (Wildman–Crippen LogP) is 2.90. The van der Waals surface area contributed by atoms with Crippen LogP contribution in [0.1, 0.15) is 44.0 Å². The normalized spacial score (nSPS) is 12.0. The van der Waals surface area contributed by atoms with Crippen LogP contribution in [-0.2, 0) is 6.54 Å². The molecule has 0 radical (unpaired) electrons. The van der Waals surface area contributed by atoms with Crippen LogP contribution < -0.4 is 10.5 Å². The third kappa shape index (κ3) is 4.97. The zero-order valence-electron chi connectivity index (χ0n) is 14.5. The van der Waals surface area contributed by atoms with E-state index < -0.39 is 0 Å². The van der Waals surface area contributed by atoms with Gasteiger partial charge >= 0.3 is 0 Å². The molecule has 0 fully saturated rings. The molecule has 2 N–H and O–H groups in total. The summed E-state index contributed by atoms with van der Waals surface area (Å²) in [6.07, 6.45) is 3.03. The van der Waals surface area contributed by atoms with Crippen molar-refractivity contribution in [1.29, 1.82) is 0 Å². The lowest BCUT2D eigenvalue weighted by molar-refractivity contribution is 0.174. The summed E-state index contributed by atoms with van der Waals surface area (Å²) >= 11 is 0. The van der Waals surface area contributed by atoms with Gasteiger partial charge in [-0.15, -0.1) is 0 Å². The van der Waals surface area contributed by atoms with Crippen molar-refractivity contribution in [2.45, 2.75) is 47.6 Å². The van der Waals surface area contributed by atoms with Gasteiger partial charge in [0.1, 0.15) is 5.75 Å². The Morgan fingerprint density at radius 3 is 2.52 bits per heavy atom. The Morgan fingerprint density at radius 1 is 1.33 bits per heavy atom. The van der Waals surface area contributed by atoms with E-state index in [1.54, 1.807) is 7.11 Å². The molecular formula is C17H31N3O. The number of aromatic nitrogens is 1. The lowest BCUT2D eigenvalue weighted by Crippen LogP contribution is -2.39. The van der Waals surface area contributed by atoms with Gasteiger partial charge in [-0.05, 0) is 38.8 Å². The number of rotatable bonds is 8. The standard InChI is InChI=1S/C17H31N3O/c1-7-8-20(12-17(4,5)11-18)10-15-14(3)16(21-6)13(2)9-19-15/h9H,7-8,10-12,18H2,1-6H3. The lowest BCUT2D eigenvalue weighted by atomic mass is 9.93. The van der Waals surface area contributed by atoms with Gasteiger partial charge in [0, 0.05) is 30.4 Å². The molecule has 0 bridgehead atoms. The summed E-state index contributed by atoms with van der Waals surface area (Å²) in [6.45, 7) is 14.3. The highest BCUT2D eigenvalue weighted by molar-refractivity contribution is 5.41. The van der Waals surface area contributed by atoms with Crippen molar-refractivity contribution >= 4 is 0 Å². The smallest absolute Gasteiger partial charge is 0.128 e. The first kappa shape index (κ1) is 17.9. The van der Waals surface area contributed by atoms with Gasteiger partial charge in [0.2, 0.25) is 0 Å². The van der Waals surface area contributed by atoms with Crippen LogP contribution in [0.25, 0.3) is 0 Å². The summed E-state index contributed by atoms with van der Waals surface area (Å²) in [6, 6.07) is 0. The number of pyridine rings is 1. The molecule has 21 heavy (non-hydrogen) atoms. The maximum Gasteiger partial charge on any atom is 0.128 e. The van der Waals surface area contributed by atoms with Crippen LogP contribution in [0, 0.1) is 19.3 Å². The molecule has 0 aromatic carbocycles. The van der Waals surface area contributed by atoms with E-state index in [2.05, 4.69) is 37.6 Å². The maximum absolute atomic E-state index is 5.88. The molecule has 4 nitrogen and oxygen atoms in total. The Hall–Kier alpha value is -1.13. The van der Waals surface area contributed by atoms with Gasteiger partial charge in [0.15, 0.2) is 0 Å². The van der Waals surface area contributed by atoms with Gasteiger partial charge in [-0.3, -0.25) is 9.88 Å². The van der Waals surface area contributed by atoms with E-state index in [-0.39, 0.29) is 5.41 Å². The van der Waals surface area contributed by atoms with E-state index in [4.69, 9.17) is 10.5 Å². The van der Waals surface area contributed by atoms with Gasteiger partial charge in [-0.2, -0.15) is 0 Å². The molecule has 0 spiro atoms. The molecule has 0 atom stereocenters. The highest BCUT2D eigenvalue weighted by atomic mass is 16.5. The Bertz CT molecular complexity index is 458. The van der Waals surface area contributed by atoms with E-state index in [1.807, 2.05) is 13.1 Å². The monoisotopic (exact) mass is 293 g/mol. The summed E-state index contributed by atoms with van der Waals surface area (Å²) in [5.74, 6) is 0.953. The topological polar surface area (TPSA) is 51.4 Å². The molecule has 1 heterocycles. The molecule has 4 heteroatoms. The van der Waals surface area contributed by atoms with Gasteiger partial charge < -0.3 is 10.5 Å². The fraction of sp³-hybridized carbons (Fsp3) is 0.706. The van der Waals surface area contributed by atoms with Crippen LogP contribution in [0.3, 0.4) is 0 Å². The van der Waals surface area contributed by atoms with Gasteiger partial charge in [0.05, 0.1) is 12.8 Å². The average Bonchev–Trinajstić information content (AvgIpc) is 2.42. The molecule has 0 amide bonds. The van der Waals surface area contributed by atoms with Crippen LogP contribution in [-0.4, -0.2) is 36.6 Å². The third-order valence-electron chi connectivity index (χ3n) is 3.87. The molecule has 0 aliphatic rings. The summed E-state index contributed by atoms with van der Waals surface area (Å²) in [5.41, 5.74) is 9.33. The Kier molecular flexibility index (Phi) is 6.62. The molecule has 0 aliphatic carbocycles. The first-order valence-electron chi connectivity index (χ1n) is 7.76. The molecular weight excluding hydrogens is 262 g/mol. The first-order chi connectivity index (χ1) is 9.84. The summed E-state index contributed by atoms with van der Waals surface area (Å²) < 4.78 is 5.50. The maximum atomic E-state index is 5.88. The van der Waals surface area contributed by atoms with Crippen molar-refractivity contribution in [3.63, 3.8) is 0 Å². The molecule has 1 aromatic heterocycles. The quantitative estimate of drug-likeness (QED) is 0.800. The minimum atomic E-state index is 0.123. The molecule has 0 saturated heterocycles. The van der Waals surface area contributed by atoms with Crippen LogP contribution in [0.2, 0.25) is 0 Å². The zero-order valence-corrected chi connectivity index (χ0v) is 14.5. The number of ether oxygens (including phenoxy) is 1.